The summed E-state index contributed by atoms with van der Waals surface area (Å²) in [7, 11) is 0. The van der Waals surface area contributed by atoms with E-state index < -0.39 is 0 Å². The fourth-order valence-corrected chi connectivity index (χ4v) is 3.56. The zero-order valence-electron chi connectivity index (χ0n) is 14.3. The molecule has 0 amide bonds. The Morgan fingerprint density at radius 2 is 1.52 bits per heavy atom. The first-order valence-corrected chi connectivity index (χ1v) is 9.01. The van der Waals surface area contributed by atoms with Crippen LogP contribution in [0.1, 0.15) is 0 Å². The smallest absolute Gasteiger partial charge is 0.217 e. The molecule has 0 saturated heterocycles. The van der Waals surface area contributed by atoms with Gasteiger partial charge in [-0.2, -0.15) is 0 Å². The van der Waals surface area contributed by atoms with Crippen molar-refractivity contribution in [3.8, 4) is 22.4 Å². The summed E-state index contributed by atoms with van der Waals surface area (Å²) < 4.78 is 0. The zero-order chi connectivity index (χ0) is 18.2. The van der Waals surface area contributed by atoms with Gasteiger partial charge in [0.2, 0.25) is 5.28 Å². The number of halogens is 1. The quantitative estimate of drug-likeness (QED) is 0.268. The lowest BCUT2D eigenvalue weighted by atomic mass is 10.00. The second-order valence-corrected chi connectivity index (χ2v) is 6.65. The number of nitrogens with zero attached hydrogens (tertiary/aromatic N) is 2. The van der Waals surface area contributed by atoms with Crippen LogP contribution in [-0.2, 0) is 0 Å². The maximum Gasteiger partial charge on any atom is 0.223 e. The Morgan fingerprint density at radius 1 is 0.704 bits per heavy atom. The van der Waals surface area contributed by atoms with Crippen molar-refractivity contribution in [2.24, 2.45) is 0 Å². The van der Waals surface area contributed by atoms with Crippen molar-refractivity contribution in [3.05, 3.63) is 96.3 Å². The lowest BCUT2D eigenvalue weighted by Gasteiger charge is -2.09. The van der Waals surface area contributed by atoms with Gasteiger partial charge in [0.15, 0.2) is 0 Å². The minimum Gasteiger partial charge on any atom is -0.217 e. The average Bonchev–Trinajstić information content (AvgIpc) is 2.74. The molecule has 5 aromatic rings. The van der Waals surface area contributed by atoms with E-state index in [0.29, 0.717) is 0 Å². The molecule has 0 spiro atoms. The Hall–Kier alpha value is -3.41. The van der Waals surface area contributed by atoms with Crippen LogP contribution in [-0.4, -0.2) is 9.97 Å². The van der Waals surface area contributed by atoms with Gasteiger partial charge in [0.1, 0.15) is 0 Å². The highest BCUT2D eigenvalue weighted by Crippen LogP contribution is 2.32. The van der Waals surface area contributed by atoms with Crippen LogP contribution in [0.3, 0.4) is 0 Å². The number of aromatic nitrogens is 2. The lowest BCUT2D eigenvalue weighted by Crippen LogP contribution is -1.92. The standard InChI is InChI=1S/C24H13ClN2/c25-24-26-22(19-12-10-17(11-13-19)16-6-2-1-3-7-16)21-15-14-18-8-4-5-9-20(18)23(21)27-24/h1-2,4-6,8-15H. The van der Waals surface area contributed by atoms with Gasteiger partial charge in [-0.15, -0.1) is 0 Å². The van der Waals surface area contributed by atoms with Crippen LogP contribution in [0.15, 0.2) is 78.9 Å². The Bertz CT molecular complexity index is 1260. The highest BCUT2D eigenvalue weighted by Gasteiger charge is 2.11. The number of hydrogen-bond donors (Lipinski definition) is 0. The van der Waals surface area contributed by atoms with Gasteiger partial charge in [0, 0.05) is 21.9 Å². The highest BCUT2D eigenvalue weighted by atomic mass is 35.5. The van der Waals surface area contributed by atoms with Crippen molar-refractivity contribution >= 4 is 33.3 Å². The summed E-state index contributed by atoms with van der Waals surface area (Å²) in [5, 5.41) is 3.46. The Labute approximate surface area is 162 Å². The first kappa shape index (κ1) is 15.8. The molecule has 1 heterocycles. The highest BCUT2D eigenvalue weighted by molar-refractivity contribution is 6.29. The summed E-state index contributed by atoms with van der Waals surface area (Å²) in [6.45, 7) is 0. The molecule has 0 unspecified atom stereocenters. The van der Waals surface area contributed by atoms with E-state index in [0.717, 1.165) is 44.1 Å². The molecule has 2 nitrogen and oxygen atoms in total. The largest absolute Gasteiger partial charge is 0.223 e. The molecule has 0 atom stereocenters. The van der Waals surface area contributed by atoms with Crippen LogP contribution >= 0.6 is 11.6 Å². The fraction of sp³-hybridized carbons (Fsp3) is 0. The number of hydrogen-bond acceptors (Lipinski definition) is 2. The van der Waals surface area contributed by atoms with Crippen molar-refractivity contribution in [2.45, 2.75) is 0 Å². The zero-order valence-corrected chi connectivity index (χ0v) is 15.0. The first-order chi connectivity index (χ1) is 13.3. The van der Waals surface area contributed by atoms with Crippen LogP contribution in [0, 0.1) is 12.1 Å². The molecule has 5 rings (SSSR count). The lowest BCUT2D eigenvalue weighted by molar-refractivity contribution is 1.23. The first-order valence-electron chi connectivity index (χ1n) is 8.64. The summed E-state index contributed by atoms with van der Waals surface area (Å²) in [6, 6.07) is 32.5. The normalized spacial score (nSPS) is 10.9. The Morgan fingerprint density at radius 3 is 2.33 bits per heavy atom. The van der Waals surface area contributed by atoms with Gasteiger partial charge in [-0.05, 0) is 40.7 Å². The van der Waals surface area contributed by atoms with Crippen molar-refractivity contribution in [2.75, 3.05) is 0 Å². The topological polar surface area (TPSA) is 25.8 Å². The van der Waals surface area contributed by atoms with Gasteiger partial charge >= 0.3 is 0 Å². The van der Waals surface area contributed by atoms with Crippen molar-refractivity contribution in [1.29, 1.82) is 0 Å². The summed E-state index contributed by atoms with van der Waals surface area (Å²) in [4.78, 5) is 9.02. The van der Waals surface area contributed by atoms with Crippen LogP contribution in [0.25, 0.3) is 44.1 Å². The van der Waals surface area contributed by atoms with Crippen LogP contribution in [0.2, 0.25) is 5.28 Å². The minimum atomic E-state index is 0.254. The molecule has 126 valence electrons. The Balaban J connectivity index is 1.70. The van der Waals surface area contributed by atoms with E-state index in [2.05, 4.69) is 70.6 Å². The van der Waals surface area contributed by atoms with Gasteiger partial charge in [0.25, 0.3) is 0 Å². The van der Waals surface area contributed by atoms with Gasteiger partial charge in [0.05, 0.1) is 11.2 Å². The van der Waals surface area contributed by atoms with Crippen LogP contribution in [0.5, 0.6) is 0 Å². The maximum atomic E-state index is 6.27. The second-order valence-electron chi connectivity index (χ2n) is 6.31. The molecule has 3 heteroatoms. The summed E-state index contributed by atoms with van der Waals surface area (Å²) in [6.07, 6.45) is 0. The Kier molecular flexibility index (Phi) is 3.74. The summed E-state index contributed by atoms with van der Waals surface area (Å²) >= 11 is 6.27. The molecular weight excluding hydrogens is 352 g/mol. The third kappa shape index (κ3) is 2.79. The SMILES string of the molecule is Clc1nc(-c2ccc(-c3c#cccc3)cc2)c2ccc3ccccc3c2n1. The molecule has 0 radical (unpaired) electrons. The third-order valence-electron chi connectivity index (χ3n) is 4.68. The number of fused-ring (bicyclic) bond motifs is 3. The second kappa shape index (κ2) is 6.39. The molecular formula is C24H13ClN2. The molecule has 0 aliphatic carbocycles. The molecule has 0 fully saturated rings. The predicted octanol–water partition coefficient (Wildman–Crippen LogP) is 6.37. The minimum absolute atomic E-state index is 0.254. The van der Waals surface area contributed by atoms with Crippen molar-refractivity contribution in [1.82, 2.24) is 9.97 Å². The number of rotatable bonds is 2. The molecule has 0 N–H and O–H groups in total. The summed E-state index contributed by atoms with van der Waals surface area (Å²) in [5.74, 6) is 0. The van der Waals surface area contributed by atoms with Crippen LogP contribution < -0.4 is 0 Å². The van der Waals surface area contributed by atoms with E-state index in [1.165, 1.54) is 0 Å². The van der Waals surface area contributed by atoms with Crippen LogP contribution in [0.4, 0.5) is 0 Å². The van der Waals surface area contributed by atoms with Gasteiger partial charge in [-0.1, -0.05) is 72.8 Å². The molecule has 1 aromatic heterocycles. The molecule has 4 aromatic carbocycles. The third-order valence-corrected chi connectivity index (χ3v) is 4.85. The van der Waals surface area contributed by atoms with E-state index in [1.807, 2.05) is 30.3 Å². The number of benzene rings is 3. The average molecular weight is 365 g/mol. The van der Waals surface area contributed by atoms with E-state index in [4.69, 9.17) is 11.6 Å². The van der Waals surface area contributed by atoms with Crippen molar-refractivity contribution in [3.63, 3.8) is 0 Å². The van der Waals surface area contributed by atoms with E-state index >= 15 is 0 Å². The van der Waals surface area contributed by atoms with E-state index in [-0.39, 0.29) is 5.28 Å². The molecule has 27 heavy (non-hydrogen) atoms. The summed E-state index contributed by atoms with van der Waals surface area (Å²) in [5.41, 5.74) is 4.82. The van der Waals surface area contributed by atoms with E-state index in [9.17, 15) is 0 Å². The molecule has 0 bridgehead atoms. The van der Waals surface area contributed by atoms with E-state index in [1.54, 1.807) is 0 Å². The van der Waals surface area contributed by atoms with Gasteiger partial charge < -0.3 is 0 Å². The molecule has 0 aliphatic rings. The maximum absolute atomic E-state index is 6.27. The van der Waals surface area contributed by atoms with Gasteiger partial charge in [-0.3, -0.25) is 0 Å². The fourth-order valence-electron chi connectivity index (χ4n) is 3.39. The monoisotopic (exact) mass is 364 g/mol. The predicted molar refractivity (Wildman–Crippen MR) is 111 cm³/mol. The van der Waals surface area contributed by atoms with Gasteiger partial charge in [-0.25, -0.2) is 9.97 Å². The molecule has 0 aliphatic heterocycles. The molecule has 0 saturated carbocycles. The van der Waals surface area contributed by atoms with Crippen molar-refractivity contribution < 1.29 is 0 Å².